The quantitative estimate of drug-likeness (QED) is 0.757. The summed E-state index contributed by atoms with van der Waals surface area (Å²) in [6.07, 6.45) is 5.78. The van der Waals surface area contributed by atoms with E-state index in [1.165, 1.54) is 0 Å². The van der Waals surface area contributed by atoms with Crippen molar-refractivity contribution < 1.29 is 14.6 Å². The number of likely N-dealkylation sites (tertiary alicyclic amines) is 1. The number of carbonyl (C=O) groups excluding carboxylic acids is 1. The minimum absolute atomic E-state index is 0.105. The third kappa shape index (κ3) is 2.80. The maximum atomic E-state index is 11.9. The topological polar surface area (TPSA) is 49.8 Å². The summed E-state index contributed by atoms with van der Waals surface area (Å²) in [4.78, 5) is 14.1. The van der Waals surface area contributed by atoms with Crippen molar-refractivity contribution in [1.29, 1.82) is 0 Å². The molecule has 4 nitrogen and oxygen atoms in total. The second-order valence-corrected chi connectivity index (χ2v) is 5.07. The van der Waals surface area contributed by atoms with Gasteiger partial charge in [-0.25, -0.2) is 0 Å². The van der Waals surface area contributed by atoms with Crippen LogP contribution in [0.2, 0.25) is 0 Å². The van der Waals surface area contributed by atoms with Crippen LogP contribution in [0.1, 0.15) is 45.4 Å². The molecule has 2 fully saturated rings. The molecule has 3 atom stereocenters. The Bertz CT molecular complexity index is 269. The number of esters is 1. The van der Waals surface area contributed by atoms with Crippen molar-refractivity contribution in [2.75, 3.05) is 13.2 Å². The molecule has 1 aliphatic heterocycles. The van der Waals surface area contributed by atoms with Gasteiger partial charge in [0.15, 0.2) is 0 Å². The summed E-state index contributed by atoms with van der Waals surface area (Å²) in [5.41, 5.74) is 0. The normalized spacial score (nSPS) is 34.8. The van der Waals surface area contributed by atoms with Gasteiger partial charge in [0.25, 0.3) is 0 Å². The van der Waals surface area contributed by atoms with Gasteiger partial charge in [-0.2, -0.15) is 0 Å². The van der Waals surface area contributed by atoms with E-state index < -0.39 is 0 Å². The number of hydrogen-bond donors (Lipinski definition) is 1. The van der Waals surface area contributed by atoms with Gasteiger partial charge >= 0.3 is 5.97 Å². The zero-order valence-corrected chi connectivity index (χ0v) is 10.6. The fourth-order valence-electron chi connectivity index (χ4n) is 3.15. The average Bonchev–Trinajstić information content (AvgIpc) is 2.76. The highest BCUT2D eigenvalue weighted by atomic mass is 16.5. The fourth-order valence-corrected chi connectivity index (χ4v) is 3.15. The highest BCUT2D eigenvalue weighted by molar-refractivity contribution is 5.76. The number of piperidine rings is 1. The Balaban J connectivity index is 2.03. The molecular weight excluding hydrogens is 218 g/mol. The molecule has 1 N–H and O–H groups in total. The summed E-state index contributed by atoms with van der Waals surface area (Å²) in [7, 11) is 0. The highest BCUT2D eigenvalue weighted by Crippen LogP contribution is 2.30. The van der Waals surface area contributed by atoms with Gasteiger partial charge in [-0.3, -0.25) is 9.69 Å². The fraction of sp³-hybridized carbons (Fsp3) is 0.923. The first-order chi connectivity index (χ1) is 8.24. The largest absolute Gasteiger partial charge is 0.465 e. The lowest BCUT2D eigenvalue weighted by Gasteiger charge is -2.39. The van der Waals surface area contributed by atoms with E-state index in [0.29, 0.717) is 6.61 Å². The van der Waals surface area contributed by atoms with Crippen LogP contribution in [0.15, 0.2) is 0 Å². The van der Waals surface area contributed by atoms with Crippen molar-refractivity contribution in [3.63, 3.8) is 0 Å². The standard InChI is InChI=1S/C13H23NO3/c1-2-17-13(16)11-6-3-4-9-14(11)10-7-5-8-12(10)15/h10-12,15H,2-9H2,1H3/t10-,11?,12-/m0/s1. The molecule has 4 heteroatoms. The van der Waals surface area contributed by atoms with Crippen LogP contribution in [0.4, 0.5) is 0 Å². The first-order valence-electron chi connectivity index (χ1n) is 6.84. The summed E-state index contributed by atoms with van der Waals surface area (Å²) < 4.78 is 5.14. The monoisotopic (exact) mass is 241 g/mol. The molecule has 0 aromatic carbocycles. The second kappa shape index (κ2) is 5.83. The van der Waals surface area contributed by atoms with Gasteiger partial charge in [-0.1, -0.05) is 6.42 Å². The van der Waals surface area contributed by atoms with Crippen LogP contribution in [-0.4, -0.2) is 47.3 Å². The summed E-state index contributed by atoms with van der Waals surface area (Å²) in [5, 5.41) is 9.98. The SMILES string of the molecule is CCOC(=O)C1CCCCN1[C@H]1CCC[C@@H]1O. The van der Waals surface area contributed by atoms with Gasteiger partial charge in [-0.05, 0) is 45.6 Å². The van der Waals surface area contributed by atoms with Crippen molar-refractivity contribution in [3.8, 4) is 0 Å². The van der Waals surface area contributed by atoms with Gasteiger partial charge in [0, 0.05) is 6.04 Å². The molecule has 98 valence electrons. The number of hydrogen-bond acceptors (Lipinski definition) is 4. The second-order valence-electron chi connectivity index (χ2n) is 5.07. The summed E-state index contributed by atoms with van der Waals surface area (Å²) in [6, 6.07) is 0.0474. The number of nitrogens with zero attached hydrogens (tertiary/aromatic N) is 1. The van der Waals surface area contributed by atoms with Crippen LogP contribution in [0.5, 0.6) is 0 Å². The molecule has 0 aromatic heterocycles. The maximum Gasteiger partial charge on any atom is 0.323 e. The zero-order valence-electron chi connectivity index (χ0n) is 10.6. The Morgan fingerprint density at radius 1 is 1.29 bits per heavy atom. The molecule has 0 aromatic rings. The van der Waals surface area contributed by atoms with Crippen molar-refractivity contribution in [2.24, 2.45) is 0 Å². The molecule has 2 aliphatic rings. The van der Waals surface area contributed by atoms with Gasteiger partial charge in [0.2, 0.25) is 0 Å². The number of rotatable bonds is 3. The summed E-state index contributed by atoms with van der Waals surface area (Å²) in [5.74, 6) is -0.105. The lowest BCUT2D eigenvalue weighted by molar-refractivity contribution is -0.153. The molecule has 1 heterocycles. The van der Waals surface area contributed by atoms with E-state index in [2.05, 4.69) is 4.90 Å². The Labute approximate surface area is 103 Å². The van der Waals surface area contributed by atoms with E-state index in [9.17, 15) is 9.90 Å². The average molecular weight is 241 g/mol. The van der Waals surface area contributed by atoms with Crippen molar-refractivity contribution >= 4 is 5.97 Å². The molecule has 1 unspecified atom stereocenters. The van der Waals surface area contributed by atoms with Crippen LogP contribution in [-0.2, 0) is 9.53 Å². The molecule has 0 spiro atoms. The third-order valence-electron chi connectivity index (χ3n) is 3.97. The molecule has 1 saturated heterocycles. The minimum atomic E-state index is -0.259. The molecule has 17 heavy (non-hydrogen) atoms. The molecular formula is C13H23NO3. The first kappa shape index (κ1) is 12.8. The Kier molecular flexibility index (Phi) is 4.40. The van der Waals surface area contributed by atoms with E-state index in [1.807, 2.05) is 6.92 Å². The predicted octanol–water partition coefficient (Wildman–Crippen LogP) is 1.32. The van der Waals surface area contributed by atoms with Gasteiger partial charge in [0.1, 0.15) is 6.04 Å². The zero-order chi connectivity index (χ0) is 12.3. The molecule has 1 saturated carbocycles. The number of aliphatic hydroxyl groups excluding tert-OH is 1. The van der Waals surface area contributed by atoms with E-state index in [-0.39, 0.29) is 24.2 Å². The molecule has 0 radical (unpaired) electrons. The van der Waals surface area contributed by atoms with Crippen LogP contribution < -0.4 is 0 Å². The summed E-state index contributed by atoms with van der Waals surface area (Å²) >= 11 is 0. The molecule has 0 amide bonds. The third-order valence-corrected chi connectivity index (χ3v) is 3.97. The smallest absolute Gasteiger partial charge is 0.323 e. The van der Waals surface area contributed by atoms with Crippen molar-refractivity contribution in [3.05, 3.63) is 0 Å². The van der Waals surface area contributed by atoms with E-state index in [1.54, 1.807) is 0 Å². The van der Waals surface area contributed by atoms with Crippen molar-refractivity contribution in [2.45, 2.75) is 63.6 Å². The van der Waals surface area contributed by atoms with Crippen molar-refractivity contribution in [1.82, 2.24) is 4.90 Å². The van der Waals surface area contributed by atoms with Gasteiger partial charge in [0.05, 0.1) is 12.7 Å². The van der Waals surface area contributed by atoms with E-state index in [0.717, 1.165) is 45.1 Å². The van der Waals surface area contributed by atoms with Crippen LogP contribution in [0, 0.1) is 0 Å². The predicted molar refractivity (Wildman–Crippen MR) is 64.6 cm³/mol. The molecule has 2 rings (SSSR count). The van der Waals surface area contributed by atoms with E-state index in [4.69, 9.17) is 4.74 Å². The Morgan fingerprint density at radius 2 is 2.12 bits per heavy atom. The van der Waals surface area contributed by atoms with Gasteiger partial charge in [-0.15, -0.1) is 0 Å². The van der Waals surface area contributed by atoms with Crippen LogP contribution in [0.3, 0.4) is 0 Å². The number of aliphatic hydroxyl groups is 1. The molecule has 0 bridgehead atoms. The first-order valence-corrected chi connectivity index (χ1v) is 6.84. The lowest BCUT2D eigenvalue weighted by Crippen LogP contribution is -2.53. The molecule has 1 aliphatic carbocycles. The van der Waals surface area contributed by atoms with Gasteiger partial charge < -0.3 is 9.84 Å². The number of ether oxygens (including phenoxy) is 1. The van der Waals surface area contributed by atoms with Crippen LogP contribution in [0.25, 0.3) is 0 Å². The summed E-state index contributed by atoms with van der Waals surface area (Å²) in [6.45, 7) is 3.21. The minimum Gasteiger partial charge on any atom is -0.465 e. The highest BCUT2D eigenvalue weighted by Gasteiger charge is 2.39. The Hall–Kier alpha value is -0.610. The number of carbonyl (C=O) groups is 1. The van der Waals surface area contributed by atoms with E-state index >= 15 is 0 Å². The lowest BCUT2D eigenvalue weighted by atomic mass is 9.98. The maximum absolute atomic E-state index is 11.9. The van der Waals surface area contributed by atoms with Crippen LogP contribution >= 0.6 is 0 Å². The Morgan fingerprint density at radius 3 is 2.76 bits per heavy atom.